The van der Waals surface area contributed by atoms with Crippen molar-refractivity contribution in [3.8, 4) is 0 Å². The molecule has 0 aliphatic carbocycles. The van der Waals surface area contributed by atoms with Crippen molar-refractivity contribution >= 4 is 23.5 Å². The SMILES string of the molecule is O=c1oc2cccnc2n1/C=C/c1ccccc1. The number of hydrogen-bond acceptors (Lipinski definition) is 3. The van der Waals surface area contributed by atoms with Gasteiger partial charge in [0.05, 0.1) is 0 Å². The summed E-state index contributed by atoms with van der Waals surface area (Å²) in [6.07, 6.45) is 5.13. The van der Waals surface area contributed by atoms with Crippen LogP contribution in [0.2, 0.25) is 0 Å². The number of nitrogens with zero attached hydrogens (tertiary/aromatic N) is 2. The number of rotatable bonds is 2. The summed E-state index contributed by atoms with van der Waals surface area (Å²) in [5, 5.41) is 0. The minimum atomic E-state index is -0.434. The second-order valence-electron chi connectivity index (χ2n) is 3.79. The van der Waals surface area contributed by atoms with Gasteiger partial charge in [0.1, 0.15) is 0 Å². The smallest absolute Gasteiger partial charge is 0.406 e. The average Bonchev–Trinajstić information content (AvgIpc) is 2.73. The minimum Gasteiger partial charge on any atom is -0.406 e. The molecule has 0 unspecified atom stereocenters. The molecular formula is C14H10N2O2. The van der Waals surface area contributed by atoms with Gasteiger partial charge in [0.25, 0.3) is 0 Å². The van der Waals surface area contributed by atoms with Crippen molar-refractivity contribution < 1.29 is 4.42 Å². The highest BCUT2D eigenvalue weighted by atomic mass is 16.4. The predicted molar refractivity (Wildman–Crippen MR) is 69.9 cm³/mol. The standard InChI is InChI=1S/C14H10N2O2/c17-14-16(10-8-11-5-2-1-3-6-11)13-12(18-14)7-4-9-15-13/h1-10H/b10-8+. The van der Waals surface area contributed by atoms with Gasteiger partial charge in [0.15, 0.2) is 11.2 Å². The van der Waals surface area contributed by atoms with Crippen molar-refractivity contribution in [2.45, 2.75) is 0 Å². The largest absolute Gasteiger partial charge is 0.425 e. The van der Waals surface area contributed by atoms with E-state index in [2.05, 4.69) is 4.98 Å². The van der Waals surface area contributed by atoms with Gasteiger partial charge in [-0.3, -0.25) is 0 Å². The molecule has 1 aromatic carbocycles. The maximum Gasteiger partial charge on any atom is 0.425 e. The lowest BCUT2D eigenvalue weighted by Gasteiger charge is -1.93. The zero-order chi connectivity index (χ0) is 12.4. The van der Waals surface area contributed by atoms with Gasteiger partial charge in [0, 0.05) is 12.4 Å². The van der Waals surface area contributed by atoms with Crippen LogP contribution in [0.1, 0.15) is 5.56 Å². The summed E-state index contributed by atoms with van der Waals surface area (Å²) in [5.41, 5.74) is 2.02. The molecule has 88 valence electrons. The van der Waals surface area contributed by atoms with E-state index >= 15 is 0 Å². The summed E-state index contributed by atoms with van der Waals surface area (Å²) in [6, 6.07) is 13.2. The van der Waals surface area contributed by atoms with E-state index in [0.717, 1.165) is 5.56 Å². The molecule has 0 fully saturated rings. The second-order valence-corrected chi connectivity index (χ2v) is 3.79. The second kappa shape index (κ2) is 4.33. The fourth-order valence-electron chi connectivity index (χ4n) is 1.73. The Bertz CT molecular complexity index is 754. The Morgan fingerprint density at radius 1 is 1.11 bits per heavy atom. The monoisotopic (exact) mass is 238 g/mol. The fourth-order valence-corrected chi connectivity index (χ4v) is 1.73. The molecule has 2 heterocycles. The van der Waals surface area contributed by atoms with Gasteiger partial charge in [-0.2, -0.15) is 0 Å². The van der Waals surface area contributed by atoms with Gasteiger partial charge >= 0.3 is 5.76 Å². The third kappa shape index (κ3) is 1.84. The number of oxazole rings is 1. The molecular weight excluding hydrogens is 228 g/mol. The molecule has 4 heteroatoms. The third-order valence-corrected chi connectivity index (χ3v) is 2.59. The summed E-state index contributed by atoms with van der Waals surface area (Å²) in [6.45, 7) is 0. The Morgan fingerprint density at radius 3 is 2.78 bits per heavy atom. The molecule has 18 heavy (non-hydrogen) atoms. The van der Waals surface area contributed by atoms with Crippen molar-refractivity contribution in [2.75, 3.05) is 0 Å². The van der Waals surface area contributed by atoms with Crippen LogP contribution in [0.4, 0.5) is 0 Å². The van der Waals surface area contributed by atoms with Crippen LogP contribution in [0.5, 0.6) is 0 Å². The summed E-state index contributed by atoms with van der Waals surface area (Å²) in [5.74, 6) is -0.434. The molecule has 0 saturated heterocycles. The molecule has 0 radical (unpaired) electrons. The molecule has 0 atom stereocenters. The van der Waals surface area contributed by atoms with Crippen molar-refractivity contribution in [1.82, 2.24) is 9.55 Å². The van der Waals surface area contributed by atoms with E-state index in [-0.39, 0.29) is 0 Å². The van der Waals surface area contributed by atoms with Crippen LogP contribution in [0.3, 0.4) is 0 Å². The Labute approximate surface area is 103 Å². The molecule has 4 nitrogen and oxygen atoms in total. The van der Waals surface area contributed by atoms with Crippen molar-refractivity contribution in [3.63, 3.8) is 0 Å². The van der Waals surface area contributed by atoms with Gasteiger partial charge < -0.3 is 4.42 Å². The summed E-state index contributed by atoms with van der Waals surface area (Å²) >= 11 is 0. The average molecular weight is 238 g/mol. The van der Waals surface area contributed by atoms with E-state index in [0.29, 0.717) is 11.2 Å². The van der Waals surface area contributed by atoms with Gasteiger partial charge in [-0.25, -0.2) is 14.3 Å². The molecule has 0 aliphatic heterocycles. The van der Waals surface area contributed by atoms with Crippen LogP contribution in [-0.2, 0) is 0 Å². The first-order chi connectivity index (χ1) is 8.84. The lowest BCUT2D eigenvalue weighted by molar-refractivity contribution is 0.544. The maximum atomic E-state index is 11.7. The maximum absolute atomic E-state index is 11.7. The highest BCUT2D eigenvalue weighted by Gasteiger charge is 2.06. The molecule has 2 aromatic heterocycles. The van der Waals surface area contributed by atoms with Crippen LogP contribution in [0, 0.1) is 0 Å². The van der Waals surface area contributed by atoms with Crippen molar-refractivity contribution in [3.05, 3.63) is 64.8 Å². The minimum absolute atomic E-state index is 0.434. The Kier molecular flexibility index (Phi) is 2.53. The zero-order valence-electron chi connectivity index (χ0n) is 9.48. The van der Waals surface area contributed by atoms with E-state index < -0.39 is 5.76 Å². The van der Waals surface area contributed by atoms with Crippen molar-refractivity contribution in [2.24, 2.45) is 0 Å². The number of benzene rings is 1. The number of hydrogen-bond donors (Lipinski definition) is 0. The molecule has 0 bridgehead atoms. The zero-order valence-corrected chi connectivity index (χ0v) is 9.48. The topological polar surface area (TPSA) is 48.0 Å². The first kappa shape index (κ1) is 10.5. The van der Waals surface area contributed by atoms with Crippen LogP contribution in [-0.4, -0.2) is 9.55 Å². The number of aromatic nitrogens is 2. The lowest BCUT2D eigenvalue weighted by Crippen LogP contribution is -2.07. The molecule has 0 saturated carbocycles. The van der Waals surface area contributed by atoms with E-state index in [1.54, 1.807) is 24.5 Å². The quantitative estimate of drug-likeness (QED) is 0.689. The molecule has 3 rings (SSSR count). The summed E-state index contributed by atoms with van der Waals surface area (Å²) in [4.78, 5) is 15.8. The van der Waals surface area contributed by atoms with Gasteiger partial charge in [-0.1, -0.05) is 30.3 Å². The van der Waals surface area contributed by atoms with Gasteiger partial charge in [0.2, 0.25) is 0 Å². The normalized spacial score (nSPS) is 11.3. The summed E-state index contributed by atoms with van der Waals surface area (Å²) in [7, 11) is 0. The molecule has 0 spiro atoms. The van der Waals surface area contributed by atoms with E-state index in [9.17, 15) is 4.79 Å². The van der Waals surface area contributed by atoms with Crippen LogP contribution in [0.25, 0.3) is 23.5 Å². The summed E-state index contributed by atoms with van der Waals surface area (Å²) < 4.78 is 6.47. The molecule has 0 amide bonds. The number of pyridine rings is 1. The van der Waals surface area contributed by atoms with Crippen molar-refractivity contribution in [1.29, 1.82) is 0 Å². The Morgan fingerprint density at radius 2 is 1.94 bits per heavy atom. The van der Waals surface area contributed by atoms with E-state index in [4.69, 9.17) is 4.42 Å². The fraction of sp³-hybridized carbons (Fsp3) is 0. The first-order valence-electron chi connectivity index (χ1n) is 5.54. The van der Waals surface area contributed by atoms with E-state index in [1.165, 1.54) is 4.57 Å². The highest BCUT2D eigenvalue weighted by molar-refractivity contribution is 5.72. The van der Waals surface area contributed by atoms with Gasteiger partial charge in [-0.05, 0) is 23.8 Å². The third-order valence-electron chi connectivity index (χ3n) is 2.59. The number of fused-ring (bicyclic) bond motifs is 1. The Hall–Kier alpha value is -2.62. The molecule has 3 aromatic rings. The predicted octanol–water partition coefficient (Wildman–Crippen LogP) is 2.62. The molecule has 0 N–H and O–H groups in total. The van der Waals surface area contributed by atoms with Crippen LogP contribution in [0.15, 0.2) is 57.9 Å². The van der Waals surface area contributed by atoms with Crippen LogP contribution >= 0.6 is 0 Å². The Balaban J connectivity index is 2.08. The van der Waals surface area contributed by atoms with Crippen LogP contribution < -0.4 is 5.76 Å². The highest BCUT2D eigenvalue weighted by Crippen LogP contribution is 2.10. The molecule has 0 aliphatic rings. The first-order valence-corrected chi connectivity index (χ1v) is 5.54. The lowest BCUT2D eigenvalue weighted by atomic mass is 10.2. The van der Waals surface area contributed by atoms with Gasteiger partial charge in [-0.15, -0.1) is 0 Å². The van der Waals surface area contributed by atoms with E-state index in [1.807, 2.05) is 36.4 Å².